The summed E-state index contributed by atoms with van der Waals surface area (Å²) in [5.41, 5.74) is 5.17. The highest BCUT2D eigenvalue weighted by Gasteiger charge is 2.26. The zero-order chi connectivity index (χ0) is 13.0. The summed E-state index contributed by atoms with van der Waals surface area (Å²) < 4.78 is 14.0. The van der Waals surface area contributed by atoms with Gasteiger partial charge < -0.3 is 5.73 Å². The van der Waals surface area contributed by atoms with Crippen molar-refractivity contribution >= 4 is 63.1 Å². The molecule has 2 N–H and O–H groups in total. The van der Waals surface area contributed by atoms with Gasteiger partial charge in [-0.2, -0.15) is 4.39 Å². The standard InChI is InChI=1S/C5H4FIN2.C4H4INO2/c6-5-3(7)1-2-4(8)9-5;5-6-3(7)1-2-4(6)8/h1-2H,(H2,8,9);1-2H2. The molecule has 0 aliphatic carbocycles. The Balaban J connectivity index is 0.000000171. The Labute approximate surface area is 125 Å². The molecule has 0 aromatic carbocycles. The Morgan fingerprint density at radius 2 is 1.82 bits per heavy atom. The lowest BCUT2D eigenvalue weighted by Gasteiger charge is -1.97. The fourth-order valence-electron chi connectivity index (χ4n) is 0.981. The predicted molar refractivity (Wildman–Crippen MR) is 76.4 cm³/mol. The van der Waals surface area contributed by atoms with Crippen LogP contribution in [0.5, 0.6) is 0 Å². The Kier molecular flexibility index (Phi) is 5.49. The van der Waals surface area contributed by atoms with Crippen LogP contribution >= 0.6 is 45.5 Å². The van der Waals surface area contributed by atoms with Crippen LogP contribution < -0.4 is 5.73 Å². The molecule has 0 bridgehead atoms. The summed E-state index contributed by atoms with van der Waals surface area (Å²) in [7, 11) is 0. The molecule has 2 rings (SSSR count). The summed E-state index contributed by atoms with van der Waals surface area (Å²) in [6, 6.07) is 3.14. The van der Waals surface area contributed by atoms with Crippen LogP contribution in [-0.2, 0) is 9.59 Å². The molecule has 0 unspecified atom stereocenters. The van der Waals surface area contributed by atoms with Gasteiger partial charge in [0.2, 0.25) is 17.8 Å². The number of amides is 2. The van der Waals surface area contributed by atoms with Crippen LogP contribution in [0, 0.1) is 9.52 Å². The van der Waals surface area contributed by atoms with E-state index in [0.29, 0.717) is 16.4 Å². The lowest BCUT2D eigenvalue weighted by molar-refractivity contribution is -0.130. The number of halogens is 3. The van der Waals surface area contributed by atoms with Crippen molar-refractivity contribution in [3.8, 4) is 0 Å². The summed E-state index contributed by atoms with van der Waals surface area (Å²) in [5.74, 6) is -0.435. The molecule has 1 aromatic rings. The molecule has 92 valence electrons. The molecule has 0 atom stereocenters. The van der Waals surface area contributed by atoms with E-state index in [9.17, 15) is 14.0 Å². The van der Waals surface area contributed by atoms with E-state index < -0.39 is 5.95 Å². The number of pyridine rings is 1. The molecule has 17 heavy (non-hydrogen) atoms. The van der Waals surface area contributed by atoms with Crippen LogP contribution in [0.2, 0.25) is 0 Å². The van der Waals surface area contributed by atoms with E-state index in [-0.39, 0.29) is 17.6 Å². The molecule has 0 radical (unpaired) electrons. The first-order valence-corrected chi connectivity index (χ1v) is 6.55. The molecular weight excluding hydrogens is 455 g/mol. The molecule has 1 aliphatic heterocycles. The molecule has 0 saturated carbocycles. The van der Waals surface area contributed by atoms with Crippen molar-refractivity contribution < 1.29 is 14.0 Å². The summed E-state index contributed by atoms with van der Waals surface area (Å²) >= 11 is 3.57. The van der Waals surface area contributed by atoms with E-state index in [1.54, 1.807) is 35.0 Å². The largest absolute Gasteiger partial charge is 0.384 e. The summed E-state index contributed by atoms with van der Waals surface area (Å²) in [6.07, 6.45) is 0.781. The number of nitrogens with zero attached hydrogens (tertiary/aromatic N) is 2. The molecule has 1 saturated heterocycles. The number of anilines is 1. The van der Waals surface area contributed by atoms with Gasteiger partial charge in [0, 0.05) is 12.8 Å². The van der Waals surface area contributed by atoms with Gasteiger partial charge in [0.15, 0.2) is 0 Å². The van der Waals surface area contributed by atoms with Crippen LogP contribution in [0.25, 0.3) is 0 Å². The van der Waals surface area contributed by atoms with Gasteiger partial charge >= 0.3 is 0 Å². The molecule has 1 fully saturated rings. The van der Waals surface area contributed by atoms with Crippen molar-refractivity contribution in [1.82, 2.24) is 8.10 Å². The van der Waals surface area contributed by atoms with Crippen molar-refractivity contribution in [2.24, 2.45) is 0 Å². The average molecular weight is 463 g/mol. The molecule has 0 spiro atoms. The highest BCUT2D eigenvalue weighted by Crippen LogP contribution is 2.15. The summed E-state index contributed by atoms with van der Waals surface area (Å²) in [6.45, 7) is 0. The first kappa shape index (κ1) is 14.5. The van der Waals surface area contributed by atoms with Crippen molar-refractivity contribution in [3.05, 3.63) is 21.7 Å². The highest BCUT2D eigenvalue weighted by atomic mass is 127. The monoisotopic (exact) mass is 463 g/mol. The van der Waals surface area contributed by atoms with Gasteiger partial charge in [-0.15, -0.1) is 0 Å². The fraction of sp³-hybridized carbons (Fsp3) is 0.222. The lowest BCUT2D eigenvalue weighted by atomic mass is 10.4. The first-order chi connectivity index (χ1) is 7.91. The third kappa shape index (κ3) is 4.33. The maximum atomic E-state index is 12.4. The van der Waals surface area contributed by atoms with E-state index in [1.807, 2.05) is 22.6 Å². The number of hydrogen-bond donors (Lipinski definition) is 1. The Hall–Kier alpha value is -0.520. The number of aromatic nitrogens is 1. The number of nitrogen functional groups attached to an aromatic ring is 1. The van der Waals surface area contributed by atoms with Gasteiger partial charge in [0.1, 0.15) is 5.82 Å². The molecule has 1 aromatic heterocycles. The van der Waals surface area contributed by atoms with Crippen molar-refractivity contribution in [2.45, 2.75) is 12.8 Å². The molecule has 5 nitrogen and oxygen atoms in total. The van der Waals surface area contributed by atoms with E-state index in [1.165, 1.54) is 0 Å². The minimum absolute atomic E-state index is 0.0735. The van der Waals surface area contributed by atoms with Gasteiger partial charge in [-0.3, -0.25) is 9.59 Å². The second kappa shape index (κ2) is 6.42. The van der Waals surface area contributed by atoms with Gasteiger partial charge in [-0.25, -0.2) is 8.10 Å². The zero-order valence-corrected chi connectivity index (χ0v) is 12.8. The number of carbonyl (C=O) groups excluding carboxylic acids is 2. The number of carbonyl (C=O) groups is 2. The zero-order valence-electron chi connectivity index (χ0n) is 8.49. The summed E-state index contributed by atoms with van der Waals surface area (Å²) in [4.78, 5) is 24.3. The van der Waals surface area contributed by atoms with Crippen LogP contribution in [0.4, 0.5) is 10.2 Å². The number of rotatable bonds is 0. The predicted octanol–water partition coefficient (Wildman–Crippen LogP) is 1.89. The van der Waals surface area contributed by atoms with Crippen molar-refractivity contribution in [1.29, 1.82) is 0 Å². The average Bonchev–Trinajstić information content (AvgIpc) is 2.56. The Morgan fingerprint density at radius 3 is 2.12 bits per heavy atom. The molecular formula is C9H8FI2N3O2. The first-order valence-electron chi connectivity index (χ1n) is 4.51. The molecule has 2 amide bonds. The van der Waals surface area contributed by atoms with Gasteiger partial charge in [0.25, 0.3) is 0 Å². The quantitative estimate of drug-likeness (QED) is 0.276. The second-order valence-electron chi connectivity index (χ2n) is 3.08. The maximum Gasteiger partial charge on any atom is 0.238 e. The SMILES string of the molecule is Nc1ccc(I)c(F)n1.O=C1CCC(=O)N1I. The smallest absolute Gasteiger partial charge is 0.238 e. The Morgan fingerprint density at radius 1 is 1.29 bits per heavy atom. The van der Waals surface area contributed by atoms with Crippen LogP contribution in [0.1, 0.15) is 12.8 Å². The minimum Gasteiger partial charge on any atom is -0.384 e. The van der Waals surface area contributed by atoms with Crippen LogP contribution in [0.15, 0.2) is 12.1 Å². The minimum atomic E-state index is -0.504. The number of nitrogens with two attached hydrogens (primary N) is 1. The van der Waals surface area contributed by atoms with E-state index in [2.05, 4.69) is 4.98 Å². The Bertz CT molecular complexity index is 440. The maximum absolute atomic E-state index is 12.4. The normalized spacial score (nSPS) is 14.6. The third-order valence-electron chi connectivity index (χ3n) is 1.82. The molecule has 8 heteroatoms. The lowest BCUT2D eigenvalue weighted by Crippen LogP contribution is -2.16. The van der Waals surface area contributed by atoms with E-state index >= 15 is 0 Å². The van der Waals surface area contributed by atoms with Crippen LogP contribution in [0.3, 0.4) is 0 Å². The van der Waals surface area contributed by atoms with Gasteiger partial charge in [0.05, 0.1) is 26.4 Å². The highest BCUT2D eigenvalue weighted by molar-refractivity contribution is 14.1. The fourth-order valence-corrected chi connectivity index (χ4v) is 1.76. The molecule has 1 aliphatic rings. The topological polar surface area (TPSA) is 76.3 Å². The van der Waals surface area contributed by atoms with Gasteiger partial charge in [-0.05, 0) is 34.7 Å². The van der Waals surface area contributed by atoms with E-state index in [4.69, 9.17) is 5.73 Å². The second-order valence-corrected chi connectivity index (χ2v) is 5.20. The molecule has 2 heterocycles. The van der Waals surface area contributed by atoms with E-state index in [0.717, 1.165) is 3.11 Å². The van der Waals surface area contributed by atoms with Crippen LogP contribution in [-0.4, -0.2) is 19.9 Å². The number of hydrogen-bond acceptors (Lipinski definition) is 4. The number of imide groups is 1. The third-order valence-corrected chi connectivity index (χ3v) is 3.70. The van der Waals surface area contributed by atoms with Crippen molar-refractivity contribution in [3.63, 3.8) is 0 Å². The van der Waals surface area contributed by atoms with Gasteiger partial charge in [-0.1, -0.05) is 0 Å². The van der Waals surface area contributed by atoms with Crippen molar-refractivity contribution in [2.75, 3.05) is 5.73 Å². The summed E-state index contributed by atoms with van der Waals surface area (Å²) in [5, 5.41) is 0.